The van der Waals surface area contributed by atoms with Crippen molar-refractivity contribution < 1.29 is 9.59 Å². The molecule has 6 nitrogen and oxygen atoms in total. The Morgan fingerprint density at radius 1 is 1.50 bits per heavy atom. The molecule has 3 amide bonds. The smallest absolute Gasteiger partial charge is 0.318 e. The zero-order valence-electron chi connectivity index (χ0n) is 9.82. The lowest BCUT2D eigenvalue weighted by Gasteiger charge is -2.37. The van der Waals surface area contributed by atoms with Gasteiger partial charge in [-0.3, -0.25) is 15.0 Å². The first-order chi connectivity index (χ1) is 7.49. The van der Waals surface area contributed by atoms with Gasteiger partial charge < -0.3 is 11.1 Å². The van der Waals surface area contributed by atoms with Crippen molar-refractivity contribution in [3.05, 3.63) is 0 Å². The Kier molecular flexibility index (Phi) is 4.70. The molecule has 0 radical (unpaired) electrons. The van der Waals surface area contributed by atoms with Gasteiger partial charge in [0, 0.05) is 38.1 Å². The summed E-state index contributed by atoms with van der Waals surface area (Å²) in [6.07, 6.45) is 0.306. The van der Waals surface area contributed by atoms with Crippen LogP contribution in [0.1, 0.15) is 20.3 Å². The molecule has 1 aliphatic rings. The number of carbonyl (C=O) groups excluding carboxylic acids is 2. The number of piperazine rings is 1. The Bertz CT molecular complexity index is 270. The van der Waals surface area contributed by atoms with Gasteiger partial charge in [0.1, 0.15) is 0 Å². The molecular weight excluding hydrogens is 208 g/mol. The van der Waals surface area contributed by atoms with E-state index < -0.39 is 6.03 Å². The predicted octanol–water partition coefficient (Wildman–Crippen LogP) is -0.746. The minimum absolute atomic E-state index is 0.306. The number of nitrogens with zero attached hydrogens (tertiary/aromatic N) is 1. The van der Waals surface area contributed by atoms with Crippen LogP contribution in [-0.4, -0.2) is 48.6 Å². The van der Waals surface area contributed by atoms with Gasteiger partial charge in [0.2, 0.25) is 5.91 Å². The third-order valence-electron chi connectivity index (χ3n) is 2.78. The molecule has 0 aromatic carbocycles. The van der Waals surface area contributed by atoms with Gasteiger partial charge in [0.25, 0.3) is 0 Å². The van der Waals surface area contributed by atoms with E-state index in [-0.39, 0.29) is 5.91 Å². The molecule has 6 heteroatoms. The Morgan fingerprint density at radius 2 is 2.19 bits per heavy atom. The Labute approximate surface area is 95.5 Å². The molecule has 2 unspecified atom stereocenters. The van der Waals surface area contributed by atoms with Gasteiger partial charge in [-0.05, 0) is 13.8 Å². The molecule has 16 heavy (non-hydrogen) atoms. The second kappa shape index (κ2) is 5.81. The van der Waals surface area contributed by atoms with E-state index in [4.69, 9.17) is 5.73 Å². The van der Waals surface area contributed by atoms with E-state index in [1.54, 1.807) is 0 Å². The van der Waals surface area contributed by atoms with Gasteiger partial charge in [-0.2, -0.15) is 0 Å². The predicted molar refractivity (Wildman–Crippen MR) is 60.8 cm³/mol. The topological polar surface area (TPSA) is 87.5 Å². The zero-order chi connectivity index (χ0) is 12.1. The van der Waals surface area contributed by atoms with Crippen molar-refractivity contribution in [3.63, 3.8) is 0 Å². The lowest BCUT2D eigenvalue weighted by Crippen LogP contribution is -2.54. The quantitative estimate of drug-likeness (QED) is 0.593. The van der Waals surface area contributed by atoms with Crippen LogP contribution in [0.15, 0.2) is 0 Å². The molecule has 0 spiro atoms. The van der Waals surface area contributed by atoms with Crippen molar-refractivity contribution in [2.75, 3.05) is 19.6 Å². The fraction of sp³-hybridized carbons (Fsp3) is 0.800. The van der Waals surface area contributed by atoms with Gasteiger partial charge >= 0.3 is 6.03 Å². The average molecular weight is 228 g/mol. The first-order valence-corrected chi connectivity index (χ1v) is 5.55. The van der Waals surface area contributed by atoms with E-state index in [2.05, 4.69) is 29.4 Å². The summed E-state index contributed by atoms with van der Waals surface area (Å²) in [6, 6.07) is 0.0692. The largest absolute Gasteiger partial charge is 0.351 e. The minimum Gasteiger partial charge on any atom is -0.351 e. The first kappa shape index (κ1) is 12.9. The maximum absolute atomic E-state index is 11.2. The summed E-state index contributed by atoms with van der Waals surface area (Å²) in [5.41, 5.74) is 4.86. The highest BCUT2D eigenvalue weighted by molar-refractivity contribution is 5.93. The van der Waals surface area contributed by atoms with Crippen molar-refractivity contribution in [2.24, 2.45) is 5.73 Å². The maximum Gasteiger partial charge on any atom is 0.318 e. The molecule has 92 valence electrons. The van der Waals surface area contributed by atoms with Crippen LogP contribution in [-0.2, 0) is 4.79 Å². The van der Waals surface area contributed by atoms with Crippen LogP contribution in [0.4, 0.5) is 4.79 Å². The van der Waals surface area contributed by atoms with Gasteiger partial charge in [-0.1, -0.05) is 0 Å². The molecule has 1 heterocycles. The fourth-order valence-electron chi connectivity index (χ4n) is 1.85. The summed E-state index contributed by atoms with van der Waals surface area (Å²) in [5.74, 6) is -0.314. The Balaban J connectivity index is 2.30. The summed E-state index contributed by atoms with van der Waals surface area (Å²) < 4.78 is 0. The van der Waals surface area contributed by atoms with Crippen LogP contribution < -0.4 is 16.4 Å². The number of nitrogens with one attached hydrogen (secondary N) is 2. The minimum atomic E-state index is -0.785. The van der Waals surface area contributed by atoms with Crippen molar-refractivity contribution >= 4 is 11.9 Å². The molecule has 2 atom stereocenters. The molecule has 0 saturated carbocycles. The molecule has 1 fully saturated rings. The summed E-state index contributed by atoms with van der Waals surface area (Å²) in [4.78, 5) is 23.9. The molecule has 0 bridgehead atoms. The van der Waals surface area contributed by atoms with Crippen molar-refractivity contribution in [3.8, 4) is 0 Å². The van der Waals surface area contributed by atoms with E-state index in [0.717, 1.165) is 13.1 Å². The van der Waals surface area contributed by atoms with Crippen molar-refractivity contribution in [2.45, 2.75) is 32.4 Å². The van der Waals surface area contributed by atoms with Gasteiger partial charge in [-0.25, -0.2) is 4.79 Å². The van der Waals surface area contributed by atoms with E-state index in [1.807, 2.05) is 0 Å². The second-order valence-electron chi connectivity index (χ2n) is 4.32. The van der Waals surface area contributed by atoms with E-state index in [0.29, 0.717) is 25.0 Å². The van der Waals surface area contributed by atoms with E-state index in [1.165, 1.54) is 0 Å². The number of imide groups is 1. The van der Waals surface area contributed by atoms with Gasteiger partial charge in [0.15, 0.2) is 0 Å². The summed E-state index contributed by atoms with van der Waals surface area (Å²) >= 11 is 0. The summed E-state index contributed by atoms with van der Waals surface area (Å²) in [7, 11) is 0. The van der Waals surface area contributed by atoms with Gasteiger partial charge in [0.05, 0.1) is 0 Å². The standard InChI is InChI=1S/C10H20N4O2/c1-7-6-14(8(2)5-12-7)4-3-9(15)13-10(11)16/h7-8,12H,3-6H2,1-2H3,(H3,11,13,15,16). The average Bonchev–Trinajstić information content (AvgIpc) is 2.18. The molecule has 4 N–H and O–H groups in total. The number of carbonyl (C=O) groups is 2. The van der Waals surface area contributed by atoms with Crippen LogP contribution in [0.3, 0.4) is 0 Å². The third-order valence-corrected chi connectivity index (χ3v) is 2.78. The molecule has 1 saturated heterocycles. The van der Waals surface area contributed by atoms with Crippen LogP contribution in [0.2, 0.25) is 0 Å². The molecule has 1 aliphatic heterocycles. The molecule has 0 aliphatic carbocycles. The summed E-state index contributed by atoms with van der Waals surface area (Å²) in [5, 5.41) is 5.43. The highest BCUT2D eigenvalue weighted by atomic mass is 16.2. The fourth-order valence-corrected chi connectivity index (χ4v) is 1.85. The lowest BCUT2D eigenvalue weighted by atomic mass is 10.1. The normalized spacial score (nSPS) is 26.4. The number of hydrogen-bond acceptors (Lipinski definition) is 4. The van der Waals surface area contributed by atoms with Crippen LogP contribution in [0.5, 0.6) is 0 Å². The highest BCUT2D eigenvalue weighted by Crippen LogP contribution is 2.06. The maximum atomic E-state index is 11.2. The number of nitrogens with two attached hydrogens (primary N) is 1. The molecule has 0 aromatic rings. The van der Waals surface area contributed by atoms with Crippen molar-refractivity contribution in [1.82, 2.24) is 15.5 Å². The van der Waals surface area contributed by atoms with E-state index >= 15 is 0 Å². The Morgan fingerprint density at radius 3 is 2.81 bits per heavy atom. The Hall–Kier alpha value is -1.14. The van der Waals surface area contributed by atoms with E-state index in [9.17, 15) is 9.59 Å². The lowest BCUT2D eigenvalue weighted by molar-refractivity contribution is -0.120. The number of hydrogen-bond donors (Lipinski definition) is 3. The number of amides is 3. The van der Waals surface area contributed by atoms with Crippen LogP contribution >= 0.6 is 0 Å². The highest BCUT2D eigenvalue weighted by Gasteiger charge is 2.22. The molecular formula is C10H20N4O2. The van der Waals surface area contributed by atoms with Crippen LogP contribution in [0.25, 0.3) is 0 Å². The first-order valence-electron chi connectivity index (χ1n) is 5.55. The monoisotopic (exact) mass is 228 g/mol. The molecule has 0 aromatic heterocycles. The third kappa shape index (κ3) is 4.16. The zero-order valence-corrected chi connectivity index (χ0v) is 9.82. The SMILES string of the molecule is CC1CN(CCC(=O)NC(N)=O)C(C)CN1. The number of primary amides is 1. The molecule has 1 rings (SSSR count). The second-order valence-corrected chi connectivity index (χ2v) is 4.32. The van der Waals surface area contributed by atoms with Gasteiger partial charge in [-0.15, -0.1) is 0 Å². The van der Waals surface area contributed by atoms with Crippen molar-refractivity contribution in [1.29, 1.82) is 0 Å². The number of rotatable bonds is 3. The summed E-state index contributed by atoms with van der Waals surface area (Å²) in [6.45, 7) is 6.74. The number of urea groups is 1. The van der Waals surface area contributed by atoms with Crippen LogP contribution in [0, 0.1) is 0 Å².